The van der Waals surface area contributed by atoms with Crippen molar-refractivity contribution in [2.45, 2.75) is 0 Å². The van der Waals surface area contributed by atoms with Crippen LogP contribution in [0.3, 0.4) is 0 Å². The lowest BCUT2D eigenvalue weighted by Gasteiger charge is -1.95. The summed E-state index contributed by atoms with van der Waals surface area (Å²) in [7, 11) is 0. The van der Waals surface area contributed by atoms with Gasteiger partial charge in [0.1, 0.15) is 5.69 Å². The second-order valence-electron chi connectivity index (χ2n) is 4.62. The Labute approximate surface area is 114 Å². The lowest BCUT2D eigenvalue weighted by molar-refractivity contribution is -0.110. The second kappa shape index (κ2) is 4.06. The van der Waals surface area contributed by atoms with Crippen molar-refractivity contribution >= 4 is 34.2 Å². The summed E-state index contributed by atoms with van der Waals surface area (Å²) in [6.07, 6.45) is 1.77. The highest BCUT2D eigenvalue weighted by atomic mass is 16.5. The molecule has 0 unspecified atom stereocenters. The van der Waals surface area contributed by atoms with Crippen molar-refractivity contribution in [1.29, 1.82) is 0 Å². The molecule has 4 heteroatoms. The zero-order valence-electron chi connectivity index (χ0n) is 10.5. The maximum Gasteiger partial charge on any atom is 0.256 e. The van der Waals surface area contributed by atoms with Gasteiger partial charge in [0.2, 0.25) is 0 Å². The molecule has 1 aromatic heterocycles. The van der Waals surface area contributed by atoms with Gasteiger partial charge >= 0.3 is 0 Å². The van der Waals surface area contributed by atoms with Crippen LogP contribution in [0.25, 0.3) is 22.6 Å². The number of aromatic nitrogens is 1. The number of para-hydroxylation sites is 2. The normalized spacial score (nSPS) is 15.6. The number of carbonyl (C=O) groups is 1. The third-order valence-corrected chi connectivity index (χ3v) is 3.40. The SMILES string of the molecule is O=C1Nc2ccccc2C1=Cc1noc2ccccc12. The number of hydrogen-bond donors (Lipinski definition) is 1. The van der Waals surface area contributed by atoms with E-state index in [4.69, 9.17) is 4.52 Å². The van der Waals surface area contributed by atoms with Crippen molar-refractivity contribution in [2.75, 3.05) is 5.32 Å². The first-order valence-corrected chi connectivity index (χ1v) is 6.30. The number of rotatable bonds is 1. The molecule has 0 atom stereocenters. The molecule has 3 aromatic rings. The van der Waals surface area contributed by atoms with Crippen molar-refractivity contribution in [3.63, 3.8) is 0 Å². The minimum absolute atomic E-state index is 0.113. The highest BCUT2D eigenvalue weighted by molar-refractivity contribution is 6.35. The average molecular weight is 262 g/mol. The molecule has 2 heterocycles. The Morgan fingerprint density at radius 3 is 2.80 bits per heavy atom. The molecule has 4 rings (SSSR count). The lowest BCUT2D eigenvalue weighted by atomic mass is 10.1. The monoisotopic (exact) mass is 262 g/mol. The van der Waals surface area contributed by atoms with Crippen molar-refractivity contribution in [3.05, 3.63) is 59.8 Å². The topological polar surface area (TPSA) is 55.1 Å². The van der Waals surface area contributed by atoms with Gasteiger partial charge in [-0.3, -0.25) is 4.79 Å². The van der Waals surface area contributed by atoms with Crippen LogP contribution in [0.4, 0.5) is 5.69 Å². The highest BCUT2D eigenvalue weighted by Crippen LogP contribution is 2.33. The number of nitrogens with zero attached hydrogens (tertiary/aromatic N) is 1. The van der Waals surface area contributed by atoms with E-state index in [2.05, 4.69) is 10.5 Å². The summed E-state index contributed by atoms with van der Waals surface area (Å²) in [5.74, 6) is -0.113. The second-order valence-corrected chi connectivity index (χ2v) is 4.62. The quantitative estimate of drug-likeness (QED) is 0.684. The number of anilines is 1. The van der Waals surface area contributed by atoms with Crippen LogP contribution in [0.15, 0.2) is 53.1 Å². The van der Waals surface area contributed by atoms with E-state index < -0.39 is 0 Å². The summed E-state index contributed by atoms with van der Waals surface area (Å²) in [4.78, 5) is 12.1. The maximum absolute atomic E-state index is 12.1. The number of fused-ring (bicyclic) bond motifs is 2. The molecule has 4 nitrogen and oxygen atoms in total. The van der Waals surface area contributed by atoms with E-state index in [9.17, 15) is 4.79 Å². The van der Waals surface area contributed by atoms with Crippen LogP contribution >= 0.6 is 0 Å². The highest BCUT2D eigenvalue weighted by Gasteiger charge is 2.24. The first-order chi connectivity index (χ1) is 9.83. The fraction of sp³-hybridized carbons (Fsp3) is 0. The number of carbonyl (C=O) groups excluding carboxylic acids is 1. The van der Waals surface area contributed by atoms with Crippen LogP contribution in [-0.2, 0) is 4.79 Å². The van der Waals surface area contributed by atoms with Gasteiger partial charge in [0.15, 0.2) is 5.58 Å². The Morgan fingerprint density at radius 1 is 1.05 bits per heavy atom. The standard InChI is InChI=1S/C16H10N2O2/c19-16-12(10-5-1-3-7-13(10)17-16)9-14-11-6-2-4-8-15(11)20-18-14/h1-9H,(H,17,19). The molecule has 0 aliphatic carbocycles. The zero-order chi connectivity index (χ0) is 13.5. The van der Waals surface area contributed by atoms with E-state index in [1.54, 1.807) is 6.08 Å². The maximum atomic E-state index is 12.1. The van der Waals surface area contributed by atoms with Crippen molar-refractivity contribution < 1.29 is 9.32 Å². The first-order valence-electron chi connectivity index (χ1n) is 6.30. The summed E-state index contributed by atoms with van der Waals surface area (Å²) >= 11 is 0. The molecular weight excluding hydrogens is 252 g/mol. The fourth-order valence-corrected chi connectivity index (χ4v) is 2.43. The molecule has 0 radical (unpaired) electrons. The van der Waals surface area contributed by atoms with Gasteiger partial charge in [-0.25, -0.2) is 0 Å². The number of hydrogen-bond acceptors (Lipinski definition) is 3. The summed E-state index contributed by atoms with van der Waals surface area (Å²) < 4.78 is 5.26. The Hall–Kier alpha value is -2.88. The van der Waals surface area contributed by atoms with E-state index >= 15 is 0 Å². The molecule has 2 aromatic carbocycles. The van der Waals surface area contributed by atoms with Crippen molar-refractivity contribution in [3.8, 4) is 0 Å². The molecule has 0 saturated heterocycles. The number of nitrogens with one attached hydrogen (secondary N) is 1. The van der Waals surface area contributed by atoms with Gasteiger partial charge in [0.25, 0.3) is 5.91 Å². The summed E-state index contributed by atoms with van der Waals surface area (Å²) in [5, 5.41) is 7.78. The van der Waals surface area contributed by atoms with Crippen molar-refractivity contribution in [1.82, 2.24) is 5.16 Å². The Morgan fingerprint density at radius 2 is 1.85 bits per heavy atom. The fourth-order valence-electron chi connectivity index (χ4n) is 2.43. The molecule has 0 spiro atoms. The third kappa shape index (κ3) is 1.55. The van der Waals surface area contributed by atoms with Gasteiger partial charge in [-0.15, -0.1) is 0 Å². The molecule has 20 heavy (non-hydrogen) atoms. The van der Waals surface area contributed by atoms with Crippen LogP contribution in [0, 0.1) is 0 Å². The van der Waals surface area contributed by atoms with Gasteiger partial charge < -0.3 is 9.84 Å². The molecule has 1 amide bonds. The molecule has 1 N–H and O–H groups in total. The Balaban J connectivity index is 1.90. The van der Waals surface area contributed by atoms with E-state index in [1.165, 1.54) is 0 Å². The van der Waals surface area contributed by atoms with Gasteiger partial charge in [-0.2, -0.15) is 0 Å². The summed E-state index contributed by atoms with van der Waals surface area (Å²) in [6.45, 7) is 0. The predicted octanol–water partition coefficient (Wildman–Crippen LogP) is 3.32. The molecule has 0 bridgehead atoms. The van der Waals surface area contributed by atoms with E-state index in [0.29, 0.717) is 16.9 Å². The van der Waals surface area contributed by atoms with Crippen molar-refractivity contribution in [2.24, 2.45) is 0 Å². The molecular formula is C16H10N2O2. The van der Waals surface area contributed by atoms with Gasteiger partial charge in [0.05, 0.1) is 5.57 Å². The Bertz CT molecular complexity index is 862. The van der Waals surface area contributed by atoms with Gasteiger partial charge in [-0.05, 0) is 24.3 Å². The van der Waals surface area contributed by atoms with Crippen LogP contribution in [0.1, 0.15) is 11.3 Å². The molecule has 0 fully saturated rings. The minimum Gasteiger partial charge on any atom is -0.356 e. The largest absolute Gasteiger partial charge is 0.356 e. The predicted molar refractivity (Wildman–Crippen MR) is 77.0 cm³/mol. The summed E-state index contributed by atoms with van der Waals surface area (Å²) in [6, 6.07) is 15.2. The van der Waals surface area contributed by atoms with Gasteiger partial charge in [0, 0.05) is 16.6 Å². The minimum atomic E-state index is -0.113. The molecule has 96 valence electrons. The average Bonchev–Trinajstić information content (AvgIpc) is 3.02. The van der Waals surface area contributed by atoms with E-state index in [1.807, 2.05) is 48.5 Å². The van der Waals surface area contributed by atoms with Crippen LogP contribution in [0.2, 0.25) is 0 Å². The first kappa shape index (κ1) is 11.0. The number of benzene rings is 2. The van der Waals surface area contributed by atoms with E-state index in [-0.39, 0.29) is 5.91 Å². The van der Waals surface area contributed by atoms with Crippen LogP contribution in [-0.4, -0.2) is 11.1 Å². The molecule has 0 saturated carbocycles. The molecule has 1 aliphatic heterocycles. The Kier molecular flexibility index (Phi) is 2.23. The molecule has 1 aliphatic rings. The van der Waals surface area contributed by atoms with Gasteiger partial charge in [-0.1, -0.05) is 35.5 Å². The smallest absolute Gasteiger partial charge is 0.256 e. The zero-order valence-corrected chi connectivity index (χ0v) is 10.5. The van der Waals surface area contributed by atoms with E-state index in [0.717, 1.165) is 16.6 Å². The van der Waals surface area contributed by atoms with Crippen LogP contribution in [0.5, 0.6) is 0 Å². The lowest BCUT2D eigenvalue weighted by Crippen LogP contribution is -2.03. The third-order valence-electron chi connectivity index (χ3n) is 3.40. The van der Waals surface area contributed by atoms with Crippen LogP contribution < -0.4 is 5.32 Å². The summed E-state index contributed by atoms with van der Waals surface area (Å²) in [5.41, 5.74) is 3.72. The number of amides is 1.